The summed E-state index contributed by atoms with van der Waals surface area (Å²) < 4.78 is 4.89. The third-order valence-electron chi connectivity index (χ3n) is 3.87. The van der Waals surface area contributed by atoms with Crippen LogP contribution in [0.1, 0.15) is 31.2 Å². The van der Waals surface area contributed by atoms with E-state index in [2.05, 4.69) is 6.58 Å². The van der Waals surface area contributed by atoms with Gasteiger partial charge < -0.3 is 4.74 Å². The van der Waals surface area contributed by atoms with Crippen LogP contribution in [0.15, 0.2) is 43.0 Å². The number of rotatable bonds is 7. The standard InChI is InChI=1S/C17H22NO3/c1-2-3-4-8-11-16(19)18(12-13-21-17(18)20)14-15-9-6-5-7-10-15/h2,5-7,9-10H,1,3-4,8,11-14H2/q+1. The summed E-state index contributed by atoms with van der Waals surface area (Å²) in [6, 6.07) is 9.64. The largest absolute Gasteiger partial charge is 0.524 e. The van der Waals surface area contributed by atoms with E-state index in [0.717, 1.165) is 24.8 Å². The van der Waals surface area contributed by atoms with Crippen molar-refractivity contribution in [3.8, 4) is 0 Å². The first-order chi connectivity index (χ1) is 10.2. The van der Waals surface area contributed by atoms with Crippen molar-refractivity contribution < 1.29 is 18.8 Å². The normalized spacial score (nSPS) is 21.0. The molecule has 1 unspecified atom stereocenters. The van der Waals surface area contributed by atoms with E-state index in [0.29, 0.717) is 26.1 Å². The fraction of sp³-hybridized carbons (Fsp3) is 0.412. The molecule has 2 amide bonds. The van der Waals surface area contributed by atoms with Gasteiger partial charge in [0.25, 0.3) is 0 Å². The van der Waals surface area contributed by atoms with Gasteiger partial charge in [-0.25, -0.2) is 4.79 Å². The van der Waals surface area contributed by atoms with E-state index in [9.17, 15) is 9.59 Å². The molecule has 4 nitrogen and oxygen atoms in total. The van der Waals surface area contributed by atoms with Gasteiger partial charge in [-0.1, -0.05) is 36.4 Å². The SMILES string of the molecule is C=CCCCCC(=O)[N+]1(Cc2ccccc2)CCOC1=O. The van der Waals surface area contributed by atoms with Gasteiger partial charge in [-0.05, 0) is 19.3 Å². The summed E-state index contributed by atoms with van der Waals surface area (Å²) in [4.78, 5) is 24.7. The van der Waals surface area contributed by atoms with Crippen molar-refractivity contribution >= 4 is 12.0 Å². The number of carbonyl (C=O) groups excluding carboxylic acids is 2. The molecule has 2 rings (SSSR count). The lowest BCUT2D eigenvalue weighted by atomic mass is 10.1. The average Bonchev–Trinajstić information content (AvgIpc) is 2.86. The van der Waals surface area contributed by atoms with Gasteiger partial charge in [-0.2, -0.15) is 9.28 Å². The number of hydrogen-bond donors (Lipinski definition) is 0. The molecule has 1 atom stereocenters. The van der Waals surface area contributed by atoms with E-state index >= 15 is 0 Å². The molecule has 1 aliphatic rings. The van der Waals surface area contributed by atoms with Crippen molar-refractivity contribution in [2.45, 2.75) is 32.2 Å². The Bertz CT molecular complexity index is 512. The molecule has 0 spiro atoms. The van der Waals surface area contributed by atoms with Crippen molar-refractivity contribution in [3.05, 3.63) is 48.6 Å². The first kappa shape index (κ1) is 15.4. The Kier molecular flexibility index (Phi) is 5.28. The third kappa shape index (κ3) is 3.58. The van der Waals surface area contributed by atoms with E-state index in [1.165, 1.54) is 0 Å². The van der Waals surface area contributed by atoms with Crippen LogP contribution in [0.3, 0.4) is 0 Å². The van der Waals surface area contributed by atoms with Crippen molar-refractivity contribution in [2.75, 3.05) is 13.2 Å². The zero-order valence-electron chi connectivity index (χ0n) is 12.3. The third-order valence-corrected chi connectivity index (χ3v) is 3.87. The minimum absolute atomic E-state index is 0.0367. The summed E-state index contributed by atoms with van der Waals surface area (Å²) in [6.07, 6.45) is 4.46. The van der Waals surface area contributed by atoms with E-state index in [4.69, 9.17) is 4.74 Å². The highest BCUT2D eigenvalue weighted by Gasteiger charge is 2.50. The average molecular weight is 288 g/mol. The number of benzene rings is 1. The predicted octanol–water partition coefficient (Wildman–Crippen LogP) is 3.43. The Balaban J connectivity index is 2.08. The molecular weight excluding hydrogens is 266 g/mol. The van der Waals surface area contributed by atoms with Gasteiger partial charge in [0.05, 0.1) is 6.42 Å². The van der Waals surface area contributed by atoms with Crippen LogP contribution in [0.25, 0.3) is 0 Å². The molecule has 0 saturated carbocycles. The van der Waals surface area contributed by atoms with Crippen LogP contribution < -0.4 is 0 Å². The Morgan fingerprint density at radius 2 is 2.05 bits per heavy atom. The number of carbonyl (C=O) groups is 2. The Morgan fingerprint density at radius 1 is 1.29 bits per heavy atom. The second-order valence-electron chi connectivity index (χ2n) is 5.38. The van der Waals surface area contributed by atoms with Crippen molar-refractivity contribution in [2.24, 2.45) is 0 Å². The van der Waals surface area contributed by atoms with Gasteiger partial charge >= 0.3 is 12.0 Å². The summed E-state index contributed by atoms with van der Waals surface area (Å²) in [5.74, 6) is -0.0367. The summed E-state index contributed by atoms with van der Waals surface area (Å²) in [7, 11) is 0. The zero-order chi connectivity index (χ0) is 15.1. The number of allylic oxidation sites excluding steroid dienone is 1. The highest BCUT2D eigenvalue weighted by atomic mass is 16.6. The Hall–Kier alpha value is -1.94. The highest BCUT2D eigenvalue weighted by Crippen LogP contribution is 2.24. The second kappa shape index (κ2) is 7.18. The topological polar surface area (TPSA) is 43.4 Å². The minimum Gasteiger partial charge on any atom is -0.414 e. The van der Waals surface area contributed by atoms with Crippen molar-refractivity contribution in [1.82, 2.24) is 0 Å². The van der Waals surface area contributed by atoms with Gasteiger partial charge in [-0.3, -0.25) is 0 Å². The molecule has 1 aromatic rings. The zero-order valence-corrected chi connectivity index (χ0v) is 12.3. The van der Waals surface area contributed by atoms with Crippen LogP contribution >= 0.6 is 0 Å². The molecule has 1 saturated heterocycles. The van der Waals surface area contributed by atoms with Gasteiger partial charge in [0.2, 0.25) is 0 Å². The molecule has 0 aliphatic carbocycles. The fourth-order valence-electron chi connectivity index (χ4n) is 2.64. The molecule has 1 aliphatic heterocycles. The monoisotopic (exact) mass is 288 g/mol. The quantitative estimate of drug-likeness (QED) is 0.438. The number of ether oxygens (including phenoxy) is 1. The molecule has 1 aromatic carbocycles. The Labute approximate surface area is 125 Å². The number of amides is 2. The highest BCUT2D eigenvalue weighted by molar-refractivity contribution is 5.81. The van der Waals surface area contributed by atoms with Gasteiger partial charge in [-0.15, -0.1) is 6.58 Å². The van der Waals surface area contributed by atoms with Crippen LogP contribution in [0.4, 0.5) is 4.79 Å². The van der Waals surface area contributed by atoms with Gasteiger partial charge in [0, 0.05) is 5.56 Å². The number of imide groups is 1. The van der Waals surface area contributed by atoms with Gasteiger partial charge in [0.1, 0.15) is 19.7 Å². The molecule has 0 radical (unpaired) electrons. The lowest BCUT2D eigenvalue weighted by Gasteiger charge is -2.25. The van der Waals surface area contributed by atoms with Crippen LogP contribution in [-0.4, -0.2) is 29.6 Å². The maximum atomic E-state index is 12.6. The Morgan fingerprint density at radius 3 is 2.67 bits per heavy atom. The molecule has 1 fully saturated rings. The fourth-order valence-corrected chi connectivity index (χ4v) is 2.64. The van der Waals surface area contributed by atoms with E-state index < -0.39 is 6.09 Å². The first-order valence-electron chi connectivity index (χ1n) is 7.42. The number of quaternary nitrogens is 1. The maximum Gasteiger partial charge on any atom is 0.524 e. The molecule has 0 bridgehead atoms. The molecule has 4 heteroatoms. The second-order valence-corrected chi connectivity index (χ2v) is 5.38. The number of unbranched alkanes of at least 4 members (excludes halogenated alkanes) is 2. The van der Waals surface area contributed by atoms with Gasteiger partial charge in [0.15, 0.2) is 0 Å². The van der Waals surface area contributed by atoms with E-state index in [1.807, 2.05) is 36.4 Å². The van der Waals surface area contributed by atoms with Crippen LogP contribution in [-0.2, 0) is 16.1 Å². The number of hydrogen-bond acceptors (Lipinski definition) is 3. The molecule has 112 valence electrons. The van der Waals surface area contributed by atoms with Crippen LogP contribution in [0, 0.1) is 0 Å². The summed E-state index contributed by atoms with van der Waals surface area (Å²) in [6.45, 7) is 4.82. The minimum atomic E-state index is -0.410. The summed E-state index contributed by atoms with van der Waals surface area (Å²) in [5.41, 5.74) is 0.982. The van der Waals surface area contributed by atoms with E-state index in [1.54, 1.807) is 0 Å². The van der Waals surface area contributed by atoms with Crippen LogP contribution in [0.2, 0.25) is 0 Å². The lowest BCUT2D eigenvalue weighted by Crippen LogP contribution is -2.52. The molecular formula is C17H22NO3+. The first-order valence-corrected chi connectivity index (χ1v) is 7.42. The lowest BCUT2D eigenvalue weighted by molar-refractivity contribution is -0.780. The van der Waals surface area contributed by atoms with Crippen LogP contribution in [0.5, 0.6) is 0 Å². The van der Waals surface area contributed by atoms with E-state index in [-0.39, 0.29) is 10.4 Å². The maximum absolute atomic E-state index is 12.6. The molecule has 21 heavy (non-hydrogen) atoms. The summed E-state index contributed by atoms with van der Waals surface area (Å²) >= 11 is 0. The number of cyclic esters (lactones) is 1. The smallest absolute Gasteiger partial charge is 0.414 e. The van der Waals surface area contributed by atoms with Crippen molar-refractivity contribution in [3.63, 3.8) is 0 Å². The predicted molar refractivity (Wildman–Crippen MR) is 80.3 cm³/mol. The molecule has 0 aromatic heterocycles. The molecule has 0 N–H and O–H groups in total. The summed E-state index contributed by atoms with van der Waals surface area (Å²) in [5, 5.41) is 0. The van der Waals surface area contributed by atoms with Crippen molar-refractivity contribution in [1.29, 1.82) is 0 Å². The number of nitrogens with zero attached hydrogens (tertiary/aromatic N) is 1. The molecule has 1 heterocycles.